The first-order valence-corrected chi connectivity index (χ1v) is 25.7. The SMILES string of the molecule is CC1(C)CCC(CN2CCN(c3ccc(C(=O)NS(=O)(=O)c4ccc(NCCN5CCS(=O)(=NC(N)=O)CC5)c([N+](=O)[O-])c4)c(Oc4cnc5[nH]ccc5c4)c3)CC2)=C(c2ccc(Cl)cc2)C1. The van der Waals surface area contributed by atoms with Gasteiger partial charge in [-0.1, -0.05) is 43.2 Å². The Hall–Kier alpha value is -6.06. The Morgan fingerprint density at radius 3 is 2.46 bits per heavy atom. The third-order valence-electron chi connectivity index (χ3n) is 12.5. The van der Waals surface area contributed by atoms with Gasteiger partial charge in [0, 0.05) is 105 Å². The highest BCUT2D eigenvalue weighted by molar-refractivity contribution is 7.94. The number of carbonyl (C=O) groups excluding carboxylic acids is 2. The fourth-order valence-corrected chi connectivity index (χ4v) is 11.7. The zero-order chi connectivity index (χ0) is 47.5. The molecular formula is C46H53ClN10O8S2. The molecular weight excluding hydrogens is 920 g/mol. The number of hydrogen-bond donors (Lipinski definition) is 4. The van der Waals surface area contributed by atoms with Crippen LogP contribution in [-0.2, 0) is 19.8 Å². The number of allylic oxidation sites excluding steroid dienone is 1. The number of nitro groups is 1. The molecule has 2 aromatic heterocycles. The minimum atomic E-state index is -4.63. The molecule has 2 fully saturated rings. The minimum Gasteiger partial charge on any atom is -0.455 e. The van der Waals surface area contributed by atoms with Crippen LogP contribution in [0.25, 0.3) is 16.6 Å². The summed E-state index contributed by atoms with van der Waals surface area (Å²) >= 11 is 6.24. The fourth-order valence-electron chi connectivity index (χ4n) is 8.78. The van der Waals surface area contributed by atoms with Gasteiger partial charge in [0.05, 0.1) is 31.3 Å². The standard InChI is InChI=1S/C46H53ClN10O8S2/c1-46(2)13-11-33(39(28-46)31-3-5-34(47)6-4-31)30-55-17-19-56(20-18-55)35-7-9-38(42(26-35)65-36-25-32-12-14-50-43(32)51-29-36)44(58)52-67(63,64)37-8-10-40(41(27-37)57(60)61)49-15-16-54-21-23-66(62,24-22-54)53-45(48)59/h3-10,12,14,25-27,29,49H,11,13,15-24,28,30H2,1-2H3,(H2,48,59)(H,50,51)(H,52,58). The predicted octanol–water partition coefficient (Wildman–Crippen LogP) is 7.10. The number of fused-ring (bicyclic) bond motifs is 1. The second kappa shape index (κ2) is 19.7. The van der Waals surface area contributed by atoms with E-state index in [4.69, 9.17) is 22.1 Å². The van der Waals surface area contributed by atoms with Crippen molar-refractivity contribution >= 4 is 77.0 Å². The zero-order valence-corrected chi connectivity index (χ0v) is 39.6. The predicted molar refractivity (Wildman–Crippen MR) is 260 cm³/mol. The monoisotopic (exact) mass is 972 g/mol. The lowest BCUT2D eigenvalue weighted by atomic mass is 9.72. The number of halogens is 1. The number of nitrogens with two attached hydrogens (primary N) is 1. The maximum Gasteiger partial charge on any atom is 0.346 e. The lowest BCUT2D eigenvalue weighted by molar-refractivity contribution is -0.384. The van der Waals surface area contributed by atoms with E-state index in [1.165, 1.54) is 41.1 Å². The van der Waals surface area contributed by atoms with Crippen LogP contribution in [0.2, 0.25) is 5.02 Å². The number of carbonyl (C=O) groups is 2. The number of benzene rings is 3. The number of urea groups is 1. The minimum absolute atomic E-state index is 0.0673. The Bertz CT molecular complexity index is 2970. The number of hydrogen-bond acceptors (Lipinski definition) is 13. The maximum atomic E-state index is 14.0. The van der Waals surface area contributed by atoms with Gasteiger partial charge in [0.2, 0.25) is 0 Å². The van der Waals surface area contributed by atoms with Gasteiger partial charge in [-0.3, -0.25) is 24.7 Å². The molecule has 0 bridgehead atoms. The van der Waals surface area contributed by atoms with Crippen LogP contribution in [0.4, 0.5) is 21.9 Å². The Kier molecular flexibility index (Phi) is 13.9. The molecule has 67 heavy (non-hydrogen) atoms. The largest absolute Gasteiger partial charge is 0.455 e. The number of sulfonamides is 1. The van der Waals surface area contributed by atoms with Gasteiger partial charge < -0.3 is 25.7 Å². The number of anilines is 2. The number of rotatable bonds is 14. The highest BCUT2D eigenvalue weighted by Crippen LogP contribution is 2.43. The quantitative estimate of drug-likeness (QED) is 0.0643. The average Bonchev–Trinajstić information content (AvgIpc) is 3.76. The highest BCUT2D eigenvalue weighted by atomic mass is 35.5. The lowest BCUT2D eigenvalue weighted by Gasteiger charge is -2.39. The molecule has 1 aliphatic carbocycles. The molecule has 2 saturated heterocycles. The molecule has 0 saturated carbocycles. The van der Waals surface area contributed by atoms with Crippen LogP contribution in [0.5, 0.6) is 11.5 Å². The molecule has 0 radical (unpaired) electrons. The van der Waals surface area contributed by atoms with E-state index in [2.05, 4.69) is 60.1 Å². The van der Waals surface area contributed by atoms with E-state index < -0.39 is 47.2 Å². The van der Waals surface area contributed by atoms with Crippen molar-refractivity contribution in [3.05, 3.63) is 117 Å². The number of piperazine rings is 1. The molecule has 21 heteroatoms. The van der Waals surface area contributed by atoms with Crippen molar-refractivity contribution < 1.29 is 31.9 Å². The molecule has 0 atom stereocenters. The highest BCUT2D eigenvalue weighted by Gasteiger charge is 2.31. The smallest absolute Gasteiger partial charge is 0.346 e. The summed E-state index contributed by atoms with van der Waals surface area (Å²) in [5.41, 5.74) is 10.3. The van der Waals surface area contributed by atoms with Crippen molar-refractivity contribution in [3.63, 3.8) is 0 Å². The van der Waals surface area contributed by atoms with Gasteiger partial charge >= 0.3 is 6.03 Å². The van der Waals surface area contributed by atoms with Crippen LogP contribution in [-0.4, -0.2) is 120 Å². The summed E-state index contributed by atoms with van der Waals surface area (Å²) in [6.45, 7) is 9.92. The number of aromatic amines is 1. The number of primary amides is 1. The zero-order valence-electron chi connectivity index (χ0n) is 37.2. The Balaban J connectivity index is 0.966. The number of amides is 3. The summed E-state index contributed by atoms with van der Waals surface area (Å²) in [5, 5.41) is 16.6. The molecule has 0 unspecified atom stereocenters. The molecule has 5 aromatic rings. The molecule has 5 N–H and O–H groups in total. The van der Waals surface area contributed by atoms with Crippen molar-refractivity contribution in [2.24, 2.45) is 15.5 Å². The number of nitrogens with zero attached hydrogens (tertiary/aromatic N) is 6. The molecule has 4 heterocycles. The number of pyridine rings is 1. The van der Waals surface area contributed by atoms with Gasteiger partial charge in [-0.15, -0.1) is 4.36 Å². The van der Waals surface area contributed by atoms with E-state index in [1.54, 1.807) is 24.4 Å². The van der Waals surface area contributed by atoms with Gasteiger partial charge in [-0.25, -0.2) is 27.1 Å². The summed E-state index contributed by atoms with van der Waals surface area (Å²) < 4.78 is 52.1. The normalized spacial score (nSPS) is 17.8. The van der Waals surface area contributed by atoms with E-state index >= 15 is 0 Å². The summed E-state index contributed by atoms with van der Waals surface area (Å²) in [7, 11) is -7.35. The first-order valence-electron chi connectivity index (χ1n) is 22.0. The van der Waals surface area contributed by atoms with Crippen molar-refractivity contribution in [2.45, 2.75) is 38.0 Å². The molecule has 3 aliphatic rings. The fraction of sp³-hybridized carbons (Fsp3) is 0.370. The maximum absolute atomic E-state index is 14.0. The lowest BCUT2D eigenvalue weighted by Crippen LogP contribution is -2.47. The molecule has 18 nitrogen and oxygen atoms in total. The third kappa shape index (κ3) is 11.6. The Labute approximate surface area is 394 Å². The molecule has 0 spiro atoms. The van der Waals surface area contributed by atoms with Crippen molar-refractivity contribution in [1.82, 2.24) is 24.5 Å². The van der Waals surface area contributed by atoms with Crippen LogP contribution in [0.3, 0.4) is 0 Å². The van der Waals surface area contributed by atoms with Gasteiger partial charge in [0.15, 0.2) is 0 Å². The first kappa shape index (κ1) is 47.4. The Morgan fingerprint density at radius 1 is 1.00 bits per heavy atom. The van der Waals surface area contributed by atoms with Gasteiger partial charge in [0.25, 0.3) is 21.6 Å². The van der Waals surface area contributed by atoms with E-state index in [-0.39, 0.29) is 40.5 Å². The van der Waals surface area contributed by atoms with E-state index in [1.807, 2.05) is 23.1 Å². The van der Waals surface area contributed by atoms with Gasteiger partial charge in [0.1, 0.15) is 22.8 Å². The van der Waals surface area contributed by atoms with E-state index in [0.717, 1.165) is 56.0 Å². The molecule has 2 aliphatic heterocycles. The van der Waals surface area contributed by atoms with Crippen molar-refractivity contribution in [3.8, 4) is 11.5 Å². The second-order valence-electron chi connectivity index (χ2n) is 17.8. The second-order valence-corrected chi connectivity index (χ2v) is 22.5. The summed E-state index contributed by atoms with van der Waals surface area (Å²) in [5.74, 6) is -0.257. The van der Waals surface area contributed by atoms with E-state index in [0.29, 0.717) is 49.1 Å². The number of ether oxygens (including phenoxy) is 1. The number of nitrogens with one attached hydrogen (secondary N) is 3. The van der Waals surface area contributed by atoms with Crippen LogP contribution >= 0.6 is 11.6 Å². The van der Waals surface area contributed by atoms with Crippen LogP contribution in [0.15, 0.2) is 100 Å². The Morgan fingerprint density at radius 2 is 1.75 bits per heavy atom. The molecule has 8 rings (SSSR count). The number of nitro benzene ring substituents is 1. The summed E-state index contributed by atoms with van der Waals surface area (Å²) in [6, 6.07) is 19.1. The van der Waals surface area contributed by atoms with E-state index in [9.17, 15) is 32.3 Å². The van der Waals surface area contributed by atoms with Crippen molar-refractivity contribution in [2.75, 3.05) is 80.6 Å². The molecule has 3 aromatic carbocycles. The average molecular weight is 974 g/mol. The van der Waals surface area contributed by atoms with Crippen LogP contribution in [0.1, 0.15) is 49.0 Å². The topological polar surface area (TPSA) is 239 Å². The van der Waals surface area contributed by atoms with Crippen LogP contribution in [0, 0.1) is 15.5 Å². The number of aromatic nitrogens is 2. The van der Waals surface area contributed by atoms with Crippen molar-refractivity contribution in [1.29, 1.82) is 0 Å². The van der Waals surface area contributed by atoms with Gasteiger partial charge in [-0.2, -0.15) is 0 Å². The molecule has 354 valence electrons. The summed E-state index contributed by atoms with van der Waals surface area (Å²) in [4.78, 5) is 50.2. The number of H-pyrrole nitrogens is 1. The first-order chi connectivity index (χ1) is 31.9. The van der Waals surface area contributed by atoms with Gasteiger partial charge in [-0.05, 0) is 84.3 Å². The summed E-state index contributed by atoms with van der Waals surface area (Å²) in [6.07, 6.45) is 6.39. The van der Waals surface area contributed by atoms with Crippen LogP contribution < -0.4 is 25.4 Å². The third-order valence-corrected chi connectivity index (χ3v) is 16.2. The molecule has 3 amide bonds.